The predicted octanol–water partition coefficient (Wildman–Crippen LogP) is 3.54. The number of benzene rings is 2. The third kappa shape index (κ3) is 3.07. The van der Waals surface area contributed by atoms with Gasteiger partial charge in [-0.25, -0.2) is 13.4 Å². The van der Waals surface area contributed by atoms with E-state index in [1.54, 1.807) is 25.1 Å². The van der Waals surface area contributed by atoms with Crippen LogP contribution >= 0.6 is 0 Å². The number of nitrogens with one attached hydrogen (secondary N) is 2. The van der Waals surface area contributed by atoms with E-state index in [1.165, 1.54) is 0 Å². The molecule has 0 fully saturated rings. The van der Waals surface area contributed by atoms with Crippen LogP contribution in [0.5, 0.6) is 0 Å². The van der Waals surface area contributed by atoms with E-state index < -0.39 is 10.0 Å². The Morgan fingerprint density at radius 3 is 2.65 bits per heavy atom. The fraction of sp³-hybridized carbons (Fsp3) is 0.235. The third-order valence-electron chi connectivity index (χ3n) is 3.75. The van der Waals surface area contributed by atoms with E-state index in [0.717, 1.165) is 34.4 Å². The molecule has 0 saturated heterocycles. The van der Waals surface area contributed by atoms with Crippen LogP contribution in [0.4, 0.5) is 5.69 Å². The van der Waals surface area contributed by atoms with Crippen LogP contribution in [0.15, 0.2) is 41.3 Å². The molecule has 0 amide bonds. The number of H-pyrrole nitrogens is 1. The Bertz CT molecular complexity index is 975. The van der Waals surface area contributed by atoms with E-state index in [2.05, 4.69) is 14.7 Å². The van der Waals surface area contributed by atoms with Gasteiger partial charge in [0.05, 0.1) is 21.6 Å². The van der Waals surface area contributed by atoms with Gasteiger partial charge in [-0.2, -0.15) is 0 Å². The highest BCUT2D eigenvalue weighted by Crippen LogP contribution is 2.23. The summed E-state index contributed by atoms with van der Waals surface area (Å²) in [5.41, 5.74) is 3.80. The molecule has 3 rings (SSSR count). The maximum absolute atomic E-state index is 12.6. The molecule has 6 heteroatoms. The normalized spacial score (nSPS) is 11.8. The number of rotatable bonds is 4. The Morgan fingerprint density at radius 2 is 1.91 bits per heavy atom. The van der Waals surface area contributed by atoms with Crippen molar-refractivity contribution in [3.8, 4) is 0 Å². The molecule has 120 valence electrons. The van der Waals surface area contributed by atoms with Crippen molar-refractivity contribution in [3.05, 3.63) is 53.3 Å². The molecule has 0 bridgehead atoms. The first-order chi connectivity index (χ1) is 10.9. The van der Waals surface area contributed by atoms with Gasteiger partial charge in [-0.15, -0.1) is 0 Å². The standard InChI is InChI=1S/C17H19N3O2S/c1-4-17-18-14-8-7-13(10-15(14)19-17)20-23(21,22)16-9-11(2)5-6-12(16)3/h5-10,20H,4H2,1-3H3,(H,18,19). The first-order valence-electron chi connectivity index (χ1n) is 7.48. The van der Waals surface area contributed by atoms with Crippen LogP contribution in [0.1, 0.15) is 23.9 Å². The number of aromatic amines is 1. The summed E-state index contributed by atoms with van der Waals surface area (Å²) in [6.45, 7) is 5.68. The van der Waals surface area contributed by atoms with Gasteiger partial charge in [0.1, 0.15) is 5.82 Å². The fourth-order valence-corrected chi connectivity index (χ4v) is 3.88. The Morgan fingerprint density at radius 1 is 1.13 bits per heavy atom. The summed E-state index contributed by atoms with van der Waals surface area (Å²) in [5.74, 6) is 0.884. The number of aromatic nitrogens is 2. The molecule has 0 saturated carbocycles. The Kier molecular flexibility index (Phi) is 3.85. The minimum atomic E-state index is -3.62. The Balaban J connectivity index is 1.98. The van der Waals surface area contributed by atoms with Crippen molar-refractivity contribution in [1.82, 2.24) is 9.97 Å². The highest BCUT2D eigenvalue weighted by Gasteiger charge is 2.17. The number of aryl methyl sites for hydroxylation is 3. The largest absolute Gasteiger partial charge is 0.342 e. The summed E-state index contributed by atoms with van der Waals surface area (Å²) in [5, 5.41) is 0. The van der Waals surface area contributed by atoms with Crippen LogP contribution in [-0.4, -0.2) is 18.4 Å². The minimum Gasteiger partial charge on any atom is -0.342 e. The molecule has 0 aliphatic heterocycles. The van der Waals surface area contributed by atoms with Crippen molar-refractivity contribution < 1.29 is 8.42 Å². The van der Waals surface area contributed by atoms with Crippen LogP contribution in [-0.2, 0) is 16.4 Å². The highest BCUT2D eigenvalue weighted by molar-refractivity contribution is 7.92. The molecule has 0 aliphatic carbocycles. The van der Waals surface area contributed by atoms with Crippen molar-refractivity contribution in [3.63, 3.8) is 0 Å². The molecule has 2 aromatic carbocycles. The van der Waals surface area contributed by atoms with E-state index in [9.17, 15) is 8.42 Å². The predicted molar refractivity (Wildman–Crippen MR) is 92.2 cm³/mol. The second kappa shape index (κ2) is 5.70. The molecule has 0 radical (unpaired) electrons. The Labute approximate surface area is 135 Å². The van der Waals surface area contributed by atoms with Crippen LogP contribution in [0.25, 0.3) is 11.0 Å². The molecule has 5 nitrogen and oxygen atoms in total. The van der Waals surface area contributed by atoms with Gasteiger partial charge in [0, 0.05) is 6.42 Å². The van der Waals surface area contributed by atoms with Crippen molar-refractivity contribution in [2.45, 2.75) is 32.1 Å². The molecule has 0 spiro atoms. The van der Waals surface area contributed by atoms with E-state index in [-0.39, 0.29) is 0 Å². The zero-order valence-corrected chi connectivity index (χ0v) is 14.2. The first-order valence-corrected chi connectivity index (χ1v) is 8.96. The lowest BCUT2D eigenvalue weighted by atomic mass is 10.2. The van der Waals surface area contributed by atoms with Gasteiger partial charge < -0.3 is 4.98 Å². The SMILES string of the molecule is CCc1nc2ccc(NS(=O)(=O)c3cc(C)ccc3C)cc2[nH]1. The topological polar surface area (TPSA) is 74.8 Å². The van der Waals surface area contributed by atoms with Crippen molar-refractivity contribution in [1.29, 1.82) is 0 Å². The lowest BCUT2D eigenvalue weighted by Gasteiger charge is -2.11. The molecule has 0 unspecified atom stereocenters. The molecule has 0 atom stereocenters. The van der Waals surface area contributed by atoms with Crippen LogP contribution in [0, 0.1) is 13.8 Å². The number of sulfonamides is 1. The number of anilines is 1. The van der Waals surface area contributed by atoms with E-state index in [4.69, 9.17) is 0 Å². The molecular formula is C17H19N3O2S. The van der Waals surface area contributed by atoms with Gasteiger partial charge in [-0.1, -0.05) is 19.1 Å². The van der Waals surface area contributed by atoms with Gasteiger partial charge in [0.25, 0.3) is 10.0 Å². The zero-order valence-electron chi connectivity index (χ0n) is 13.3. The lowest BCUT2D eigenvalue weighted by Crippen LogP contribution is -2.14. The number of hydrogen-bond donors (Lipinski definition) is 2. The number of hydrogen-bond acceptors (Lipinski definition) is 3. The van der Waals surface area contributed by atoms with E-state index in [1.807, 2.05) is 32.0 Å². The average molecular weight is 329 g/mol. The second-order valence-electron chi connectivity index (χ2n) is 5.64. The monoisotopic (exact) mass is 329 g/mol. The lowest BCUT2D eigenvalue weighted by molar-refractivity contribution is 0.600. The fourth-order valence-electron chi connectivity index (χ4n) is 2.50. The number of nitrogens with zero attached hydrogens (tertiary/aromatic N) is 1. The van der Waals surface area contributed by atoms with Gasteiger partial charge in [0.15, 0.2) is 0 Å². The van der Waals surface area contributed by atoms with Gasteiger partial charge in [0.2, 0.25) is 0 Å². The zero-order chi connectivity index (χ0) is 16.6. The molecule has 23 heavy (non-hydrogen) atoms. The van der Waals surface area contributed by atoms with Crippen molar-refractivity contribution >= 4 is 26.7 Å². The molecule has 0 aliphatic rings. The van der Waals surface area contributed by atoms with Crippen LogP contribution < -0.4 is 4.72 Å². The molecule has 1 heterocycles. The molecule has 3 aromatic rings. The Hall–Kier alpha value is -2.34. The number of imidazole rings is 1. The first kappa shape index (κ1) is 15.6. The average Bonchev–Trinajstić information content (AvgIpc) is 2.91. The quantitative estimate of drug-likeness (QED) is 0.769. The summed E-state index contributed by atoms with van der Waals surface area (Å²) in [4.78, 5) is 7.91. The highest BCUT2D eigenvalue weighted by atomic mass is 32.2. The molecule has 1 aromatic heterocycles. The molecular weight excluding hydrogens is 310 g/mol. The summed E-state index contributed by atoms with van der Waals surface area (Å²) in [6, 6.07) is 10.7. The summed E-state index contributed by atoms with van der Waals surface area (Å²) in [7, 11) is -3.62. The third-order valence-corrected chi connectivity index (χ3v) is 5.27. The van der Waals surface area contributed by atoms with Crippen molar-refractivity contribution in [2.24, 2.45) is 0 Å². The van der Waals surface area contributed by atoms with Crippen LogP contribution in [0.2, 0.25) is 0 Å². The van der Waals surface area contributed by atoms with E-state index >= 15 is 0 Å². The molecule has 2 N–H and O–H groups in total. The van der Waals surface area contributed by atoms with Crippen LogP contribution in [0.3, 0.4) is 0 Å². The van der Waals surface area contributed by atoms with E-state index in [0.29, 0.717) is 10.6 Å². The minimum absolute atomic E-state index is 0.302. The second-order valence-corrected chi connectivity index (χ2v) is 7.29. The summed E-state index contributed by atoms with van der Waals surface area (Å²) < 4.78 is 27.9. The smallest absolute Gasteiger partial charge is 0.262 e. The van der Waals surface area contributed by atoms with Gasteiger partial charge in [-0.3, -0.25) is 4.72 Å². The summed E-state index contributed by atoms with van der Waals surface area (Å²) >= 11 is 0. The van der Waals surface area contributed by atoms with Gasteiger partial charge in [-0.05, 0) is 49.2 Å². The maximum atomic E-state index is 12.6. The van der Waals surface area contributed by atoms with Gasteiger partial charge >= 0.3 is 0 Å². The number of fused-ring (bicyclic) bond motifs is 1. The maximum Gasteiger partial charge on any atom is 0.262 e. The summed E-state index contributed by atoms with van der Waals surface area (Å²) in [6.07, 6.45) is 0.804. The van der Waals surface area contributed by atoms with Crippen molar-refractivity contribution in [2.75, 3.05) is 4.72 Å².